The molecule has 18 heavy (non-hydrogen) atoms. The van der Waals surface area contributed by atoms with E-state index in [2.05, 4.69) is 0 Å². The van der Waals surface area contributed by atoms with E-state index in [1.54, 1.807) is 11.9 Å². The number of likely N-dealkylation sites (N-methyl/N-ethyl adjacent to an activating group) is 1. The first kappa shape index (κ1) is 14.5. The highest BCUT2D eigenvalue weighted by Gasteiger charge is 2.07. The molecule has 0 spiro atoms. The first-order valence-corrected chi connectivity index (χ1v) is 6.24. The van der Waals surface area contributed by atoms with Gasteiger partial charge in [-0.15, -0.1) is 0 Å². The second kappa shape index (κ2) is 7.71. The van der Waals surface area contributed by atoms with Crippen LogP contribution in [0.3, 0.4) is 0 Å². The van der Waals surface area contributed by atoms with Crippen LogP contribution >= 0.6 is 0 Å². The molecule has 1 rings (SSSR count). The Bertz CT molecular complexity index is 362. The standard InChI is InChI=1S/C14H21NO3/c1-3-18-13-7-4-12(5-8-13)6-9-14(17)15(2)10-11-16/h4-5,7-8,16H,3,6,9-11H2,1-2H3. The van der Waals surface area contributed by atoms with Crippen molar-refractivity contribution in [2.75, 3.05) is 26.8 Å². The van der Waals surface area contributed by atoms with Crippen LogP contribution in [0.15, 0.2) is 24.3 Å². The molecular weight excluding hydrogens is 230 g/mol. The summed E-state index contributed by atoms with van der Waals surface area (Å²) in [4.78, 5) is 13.2. The molecule has 1 aromatic rings. The zero-order valence-corrected chi connectivity index (χ0v) is 11.1. The maximum Gasteiger partial charge on any atom is 0.222 e. The summed E-state index contributed by atoms with van der Waals surface area (Å²) < 4.78 is 5.35. The lowest BCUT2D eigenvalue weighted by atomic mass is 10.1. The number of rotatable bonds is 7. The van der Waals surface area contributed by atoms with Gasteiger partial charge in [-0.05, 0) is 31.0 Å². The molecule has 0 aliphatic carbocycles. The van der Waals surface area contributed by atoms with E-state index in [4.69, 9.17) is 9.84 Å². The van der Waals surface area contributed by atoms with Crippen molar-refractivity contribution in [1.29, 1.82) is 0 Å². The predicted octanol–water partition coefficient (Wildman–Crippen LogP) is 1.47. The van der Waals surface area contributed by atoms with Crippen LogP contribution in [-0.4, -0.2) is 42.7 Å². The zero-order chi connectivity index (χ0) is 13.4. The van der Waals surface area contributed by atoms with Gasteiger partial charge in [0.1, 0.15) is 5.75 Å². The Balaban J connectivity index is 2.41. The Morgan fingerprint density at radius 3 is 2.56 bits per heavy atom. The molecule has 0 unspecified atom stereocenters. The number of amides is 1. The van der Waals surface area contributed by atoms with Gasteiger partial charge in [-0.2, -0.15) is 0 Å². The Morgan fingerprint density at radius 1 is 1.33 bits per heavy atom. The van der Waals surface area contributed by atoms with E-state index in [0.29, 0.717) is 26.0 Å². The fourth-order valence-electron chi connectivity index (χ4n) is 1.64. The van der Waals surface area contributed by atoms with Crippen LogP contribution < -0.4 is 4.74 Å². The molecule has 0 fully saturated rings. The fraction of sp³-hybridized carbons (Fsp3) is 0.500. The average Bonchev–Trinajstić information content (AvgIpc) is 2.38. The van der Waals surface area contributed by atoms with Crippen molar-refractivity contribution in [2.45, 2.75) is 19.8 Å². The van der Waals surface area contributed by atoms with Crippen molar-refractivity contribution < 1.29 is 14.6 Å². The maximum absolute atomic E-state index is 11.7. The van der Waals surface area contributed by atoms with E-state index >= 15 is 0 Å². The van der Waals surface area contributed by atoms with Gasteiger partial charge in [0.2, 0.25) is 5.91 Å². The summed E-state index contributed by atoms with van der Waals surface area (Å²) in [6, 6.07) is 7.79. The molecule has 0 aliphatic rings. The lowest BCUT2D eigenvalue weighted by Gasteiger charge is -2.15. The Morgan fingerprint density at radius 2 is 2.00 bits per heavy atom. The summed E-state index contributed by atoms with van der Waals surface area (Å²) in [5.41, 5.74) is 1.12. The molecule has 0 saturated carbocycles. The molecule has 1 aromatic carbocycles. The third kappa shape index (κ3) is 4.75. The van der Waals surface area contributed by atoms with Crippen LogP contribution in [0.5, 0.6) is 5.75 Å². The second-order valence-corrected chi connectivity index (χ2v) is 4.12. The number of nitrogens with zero attached hydrogens (tertiary/aromatic N) is 1. The molecule has 0 aromatic heterocycles. The van der Waals surface area contributed by atoms with E-state index in [-0.39, 0.29) is 12.5 Å². The summed E-state index contributed by atoms with van der Waals surface area (Å²) in [7, 11) is 1.71. The highest BCUT2D eigenvalue weighted by molar-refractivity contribution is 5.76. The van der Waals surface area contributed by atoms with Crippen molar-refractivity contribution in [3.8, 4) is 5.75 Å². The van der Waals surface area contributed by atoms with Gasteiger partial charge in [-0.25, -0.2) is 0 Å². The van der Waals surface area contributed by atoms with Crippen LogP contribution in [0.25, 0.3) is 0 Å². The zero-order valence-electron chi connectivity index (χ0n) is 11.1. The molecule has 100 valence electrons. The smallest absolute Gasteiger partial charge is 0.222 e. The SMILES string of the molecule is CCOc1ccc(CCC(=O)N(C)CCO)cc1. The molecule has 4 nitrogen and oxygen atoms in total. The van der Waals surface area contributed by atoms with Crippen LogP contribution in [0, 0.1) is 0 Å². The molecule has 0 heterocycles. The van der Waals surface area contributed by atoms with E-state index in [9.17, 15) is 4.79 Å². The van der Waals surface area contributed by atoms with Gasteiger partial charge in [-0.1, -0.05) is 12.1 Å². The number of carbonyl (C=O) groups is 1. The predicted molar refractivity (Wildman–Crippen MR) is 70.7 cm³/mol. The normalized spacial score (nSPS) is 10.2. The Labute approximate surface area is 108 Å². The molecule has 0 radical (unpaired) electrons. The van der Waals surface area contributed by atoms with Gasteiger partial charge in [0.05, 0.1) is 13.2 Å². The third-order valence-corrected chi connectivity index (χ3v) is 2.72. The minimum Gasteiger partial charge on any atom is -0.494 e. The number of hydrogen-bond donors (Lipinski definition) is 1. The van der Waals surface area contributed by atoms with E-state index < -0.39 is 0 Å². The minimum absolute atomic E-state index is 0.00525. The number of aryl methyl sites for hydroxylation is 1. The Hall–Kier alpha value is -1.55. The van der Waals surface area contributed by atoms with Gasteiger partial charge >= 0.3 is 0 Å². The van der Waals surface area contributed by atoms with Gasteiger partial charge < -0.3 is 14.7 Å². The van der Waals surface area contributed by atoms with Gasteiger partial charge in [0.15, 0.2) is 0 Å². The van der Waals surface area contributed by atoms with E-state index in [0.717, 1.165) is 11.3 Å². The first-order chi connectivity index (χ1) is 8.67. The summed E-state index contributed by atoms with van der Waals surface area (Å²) in [5.74, 6) is 0.905. The summed E-state index contributed by atoms with van der Waals surface area (Å²) >= 11 is 0. The fourth-order valence-corrected chi connectivity index (χ4v) is 1.64. The maximum atomic E-state index is 11.7. The van der Waals surface area contributed by atoms with Crippen LogP contribution in [0.2, 0.25) is 0 Å². The highest BCUT2D eigenvalue weighted by atomic mass is 16.5. The van der Waals surface area contributed by atoms with Gasteiger partial charge in [-0.3, -0.25) is 4.79 Å². The van der Waals surface area contributed by atoms with Crippen LogP contribution in [0.1, 0.15) is 18.9 Å². The lowest BCUT2D eigenvalue weighted by Crippen LogP contribution is -2.29. The van der Waals surface area contributed by atoms with Gasteiger partial charge in [0, 0.05) is 20.0 Å². The van der Waals surface area contributed by atoms with E-state index in [1.807, 2.05) is 31.2 Å². The van der Waals surface area contributed by atoms with Crippen LogP contribution in [-0.2, 0) is 11.2 Å². The third-order valence-electron chi connectivity index (χ3n) is 2.72. The summed E-state index contributed by atoms with van der Waals surface area (Å²) in [6.07, 6.45) is 1.17. The van der Waals surface area contributed by atoms with Gasteiger partial charge in [0.25, 0.3) is 0 Å². The highest BCUT2D eigenvalue weighted by Crippen LogP contribution is 2.13. The quantitative estimate of drug-likeness (QED) is 0.798. The molecule has 4 heteroatoms. The van der Waals surface area contributed by atoms with Crippen molar-refractivity contribution >= 4 is 5.91 Å². The molecule has 0 saturated heterocycles. The van der Waals surface area contributed by atoms with E-state index in [1.165, 1.54) is 0 Å². The lowest BCUT2D eigenvalue weighted by molar-refractivity contribution is -0.130. The largest absolute Gasteiger partial charge is 0.494 e. The second-order valence-electron chi connectivity index (χ2n) is 4.12. The summed E-state index contributed by atoms with van der Waals surface area (Å²) in [6.45, 7) is 3.00. The molecular formula is C14H21NO3. The number of carbonyl (C=O) groups excluding carboxylic acids is 1. The minimum atomic E-state index is 0.00525. The van der Waals surface area contributed by atoms with Crippen LogP contribution in [0.4, 0.5) is 0 Å². The summed E-state index contributed by atoms with van der Waals surface area (Å²) in [5, 5.41) is 8.74. The first-order valence-electron chi connectivity index (χ1n) is 6.24. The number of ether oxygens (including phenoxy) is 1. The topological polar surface area (TPSA) is 49.8 Å². The van der Waals surface area contributed by atoms with Crippen molar-refractivity contribution in [3.05, 3.63) is 29.8 Å². The number of benzene rings is 1. The number of aliphatic hydroxyl groups is 1. The number of hydrogen-bond acceptors (Lipinski definition) is 3. The monoisotopic (exact) mass is 251 g/mol. The molecule has 1 amide bonds. The Kier molecular flexibility index (Phi) is 6.22. The molecule has 0 atom stereocenters. The molecule has 0 bridgehead atoms. The molecule has 1 N–H and O–H groups in total. The van der Waals surface area contributed by atoms with Crippen molar-refractivity contribution in [1.82, 2.24) is 4.90 Å². The number of aliphatic hydroxyl groups excluding tert-OH is 1. The molecule has 0 aliphatic heterocycles. The van der Waals surface area contributed by atoms with Crippen molar-refractivity contribution in [3.63, 3.8) is 0 Å². The average molecular weight is 251 g/mol. The van der Waals surface area contributed by atoms with Crippen molar-refractivity contribution in [2.24, 2.45) is 0 Å².